The maximum Gasteiger partial charge on any atom is 0.264 e. The Kier molecular flexibility index (Phi) is 3.92. The van der Waals surface area contributed by atoms with Crippen LogP contribution in [0.4, 0.5) is 0 Å². The molecule has 0 radical (unpaired) electrons. The molecular formula is C13H20O4S. The van der Waals surface area contributed by atoms with Crippen molar-refractivity contribution in [3.63, 3.8) is 0 Å². The monoisotopic (exact) mass is 272 g/mol. The summed E-state index contributed by atoms with van der Waals surface area (Å²) in [6.07, 6.45) is 9.34. The fourth-order valence-electron chi connectivity index (χ4n) is 3.14. The van der Waals surface area contributed by atoms with E-state index in [0.717, 1.165) is 38.4 Å². The van der Waals surface area contributed by atoms with Crippen molar-refractivity contribution in [3.8, 4) is 0 Å². The molecule has 0 spiro atoms. The molecule has 0 bridgehead atoms. The summed E-state index contributed by atoms with van der Waals surface area (Å²) >= 11 is 0. The van der Waals surface area contributed by atoms with E-state index in [1.54, 1.807) is 6.08 Å². The second kappa shape index (κ2) is 5.13. The first-order chi connectivity index (χ1) is 8.41. The van der Waals surface area contributed by atoms with Gasteiger partial charge in [0.25, 0.3) is 10.1 Å². The van der Waals surface area contributed by atoms with Crippen LogP contribution < -0.4 is 0 Å². The molecule has 1 atom stereocenters. The maximum absolute atomic E-state index is 11.5. The minimum Gasteiger partial charge on any atom is -0.295 e. The SMILES string of the molecule is CS(=O)(=O)OCCC12CCCCC1=CC(=O)CC2. The second-order valence-electron chi connectivity index (χ2n) is 5.40. The molecule has 1 unspecified atom stereocenters. The smallest absolute Gasteiger partial charge is 0.264 e. The van der Waals surface area contributed by atoms with E-state index in [4.69, 9.17) is 4.18 Å². The van der Waals surface area contributed by atoms with Crippen molar-refractivity contribution in [2.75, 3.05) is 12.9 Å². The largest absolute Gasteiger partial charge is 0.295 e. The molecular weight excluding hydrogens is 252 g/mol. The van der Waals surface area contributed by atoms with Crippen molar-refractivity contribution in [2.24, 2.45) is 5.41 Å². The number of carbonyl (C=O) groups is 1. The standard InChI is InChI=1S/C13H20O4S/c1-18(15,16)17-9-8-13-6-3-2-4-11(13)10-12(14)5-7-13/h10H,2-9H2,1H3. The average molecular weight is 272 g/mol. The zero-order valence-corrected chi connectivity index (χ0v) is 11.6. The highest BCUT2D eigenvalue weighted by Crippen LogP contribution is 2.49. The number of rotatable bonds is 4. The minimum absolute atomic E-state index is 0.0247. The van der Waals surface area contributed by atoms with Gasteiger partial charge in [-0.3, -0.25) is 8.98 Å². The summed E-state index contributed by atoms with van der Waals surface area (Å²) in [6.45, 7) is 0.227. The number of allylic oxidation sites excluding steroid dienone is 2. The molecule has 102 valence electrons. The molecule has 5 heteroatoms. The van der Waals surface area contributed by atoms with Gasteiger partial charge in [0.15, 0.2) is 5.78 Å². The molecule has 0 amide bonds. The Labute approximate surface area is 109 Å². The van der Waals surface area contributed by atoms with E-state index in [1.807, 2.05) is 0 Å². The van der Waals surface area contributed by atoms with Crippen molar-refractivity contribution in [1.82, 2.24) is 0 Å². The van der Waals surface area contributed by atoms with Crippen molar-refractivity contribution in [1.29, 1.82) is 0 Å². The van der Waals surface area contributed by atoms with Gasteiger partial charge in [-0.25, -0.2) is 0 Å². The molecule has 2 aliphatic carbocycles. The van der Waals surface area contributed by atoms with Crippen LogP contribution in [-0.4, -0.2) is 27.1 Å². The molecule has 1 saturated carbocycles. The van der Waals surface area contributed by atoms with Crippen LogP contribution in [0.3, 0.4) is 0 Å². The Morgan fingerprint density at radius 3 is 2.78 bits per heavy atom. The van der Waals surface area contributed by atoms with Gasteiger partial charge in [0.05, 0.1) is 12.9 Å². The summed E-state index contributed by atoms with van der Waals surface area (Å²) in [5.74, 6) is 0.214. The fraction of sp³-hybridized carbons (Fsp3) is 0.769. The number of hydrogen-bond donors (Lipinski definition) is 0. The molecule has 0 saturated heterocycles. The first kappa shape index (κ1) is 13.7. The average Bonchev–Trinajstić information content (AvgIpc) is 2.28. The number of hydrogen-bond acceptors (Lipinski definition) is 4. The second-order valence-corrected chi connectivity index (χ2v) is 7.04. The lowest BCUT2D eigenvalue weighted by Gasteiger charge is -2.42. The molecule has 2 aliphatic rings. The minimum atomic E-state index is -3.36. The van der Waals surface area contributed by atoms with Gasteiger partial charge in [-0.15, -0.1) is 0 Å². The van der Waals surface area contributed by atoms with E-state index in [9.17, 15) is 13.2 Å². The lowest BCUT2D eigenvalue weighted by molar-refractivity contribution is -0.116. The molecule has 0 aromatic rings. The van der Waals surface area contributed by atoms with Gasteiger partial charge in [-0.05, 0) is 43.6 Å². The van der Waals surface area contributed by atoms with Gasteiger partial charge >= 0.3 is 0 Å². The Morgan fingerprint density at radius 2 is 2.06 bits per heavy atom. The van der Waals surface area contributed by atoms with Gasteiger partial charge < -0.3 is 0 Å². The topological polar surface area (TPSA) is 60.4 Å². The Balaban J connectivity index is 2.07. The third-order valence-electron chi connectivity index (χ3n) is 4.10. The molecule has 0 N–H and O–H groups in total. The molecule has 4 nitrogen and oxygen atoms in total. The van der Waals surface area contributed by atoms with Crippen molar-refractivity contribution in [3.05, 3.63) is 11.6 Å². The van der Waals surface area contributed by atoms with E-state index in [1.165, 1.54) is 5.57 Å². The van der Waals surface area contributed by atoms with Crippen LogP contribution in [-0.2, 0) is 19.1 Å². The molecule has 2 rings (SSSR count). The normalized spacial score (nSPS) is 28.7. The van der Waals surface area contributed by atoms with Crippen molar-refractivity contribution < 1.29 is 17.4 Å². The van der Waals surface area contributed by atoms with E-state index < -0.39 is 10.1 Å². The van der Waals surface area contributed by atoms with Crippen LogP contribution in [0.1, 0.15) is 44.9 Å². The predicted molar refractivity (Wildman–Crippen MR) is 68.6 cm³/mol. The number of carbonyl (C=O) groups excluding carboxylic acids is 1. The third-order valence-corrected chi connectivity index (χ3v) is 4.69. The van der Waals surface area contributed by atoms with Crippen molar-refractivity contribution >= 4 is 15.9 Å². The molecule has 18 heavy (non-hydrogen) atoms. The molecule has 0 aromatic carbocycles. The van der Waals surface area contributed by atoms with E-state index in [2.05, 4.69) is 0 Å². The molecule has 0 aliphatic heterocycles. The summed E-state index contributed by atoms with van der Waals surface area (Å²) in [7, 11) is -3.36. The van der Waals surface area contributed by atoms with Crippen LogP contribution in [0, 0.1) is 5.41 Å². The zero-order chi connectivity index (χ0) is 13.2. The lowest BCUT2D eigenvalue weighted by atomic mass is 9.63. The summed E-state index contributed by atoms with van der Waals surface area (Å²) < 4.78 is 26.8. The first-order valence-corrected chi connectivity index (χ1v) is 8.31. The van der Waals surface area contributed by atoms with Crippen LogP contribution in [0.15, 0.2) is 11.6 Å². The highest BCUT2D eigenvalue weighted by molar-refractivity contribution is 7.85. The predicted octanol–water partition coefficient (Wildman–Crippen LogP) is 2.20. The van der Waals surface area contributed by atoms with E-state index in [-0.39, 0.29) is 17.8 Å². The summed E-state index contributed by atoms with van der Waals surface area (Å²) in [5, 5.41) is 0. The van der Waals surface area contributed by atoms with E-state index in [0.29, 0.717) is 12.8 Å². The summed E-state index contributed by atoms with van der Waals surface area (Å²) in [5.41, 5.74) is 1.25. The number of ketones is 1. The fourth-order valence-corrected chi connectivity index (χ4v) is 3.53. The van der Waals surface area contributed by atoms with Crippen LogP contribution in [0.25, 0.3) is 0 Å². The summed E-state index contributed by atoms with van der Waals surface area (Å²) in [6, 6.07) is 0. The van der Waals surface area contributed by atoms with Crippen LogP contribution in [0.5, 0.6) is 0 Å². The van der Waals surface area contributed by atoms with Gasteiger partial charge in [0, 0.05) is 6.42 Å². The van der Waals surface area contributed by atoms with E-state index >= 15 is 0 Å². The van der Waals surface area contributed by atoms with Crippen molar-refractivity contribution in [2.45, 2.75) is 44.9 Å². The molecule has 1 fully saturated rings. The summed E-state index contributed by atoms with van der Waals surface area (Å²) in [4.78, 5) is 11.5. The van der Waals surface area contributed by atoms with Gasteiger partial charge in [0.1, 0.15) is 0 Å². The third kappa shape index (κ3) is 3.20. The maximum atomic E-state index is 11.5. The van der Waals surface area contributed by atoms with Gasteiger partial charge in [0.2, 0.25) is 0 Å². The molecule has 0 aromatic heterocycles. The Morgan fingerprint density at radius 1 is 1.28 bits per heavy atom. The van der Waals surface area contributed by atoms with Gasteiger partial charge in [-0.2, -0.15) is 8.42 Å². The lowest BCUT2D eigenvalue weighted by Crippen LogP contribution is -2.32. The molecule has 0 heterocycles. The first-order valence-electron chi connectivity index (χ1n) is 6.50. The Bertz CT molecular complexity index is 463. The number of fused-ring (bicyclic) bond motifs is 1. The quantitative estimate of drug-likeness (QED) is 0.736. The Hall–Kier alpha value is -0.680. The van der Waals surface area contributed by atoms with Crippen LogP contribution >= 0.6 is 0 Å². The zero-order valence-electron chi connectivity index (χ0n) is 10.8. The van der Waals surface area contributed by atoms with Gasteiger partial charge in [-0.1, -0.05) is 12.0 Å². The highest BCUT2D eigenvalue weighted by atomic mass is 32.2. The highest BCUT2D eigenvalue weighted by Gasteiger charge is 2.38. The van der Waals surface area contributed by atoms with Crippen LogP contribution in [0.2, 0.25) is 0 Å².